The number of hydrogen-bond donors (Lipinski definition) is 0. The van der Waals surface area contributed by atoms with E-state index in [0.717, 1.165) is 50.1 Å². The predicted octanol–water partition coefficient (Wildman–Crippen LogP) is 3.10. The minimum atomic E-state index is 0.344. The number of hydrogen-bond acceptors (Lipinski definition) is 5. The van der Waals surface area contributed by atoms with Gasteiger partial charge in [0.15, 0.2) is 0 Å². The van der Waals surface area contributed by atoms with Gasteiger partial charge in [-0.2, -0.15) is 5.26 Å². The van der Waals surface area contributed by atoms with Crippen LogP contribution in [0.5, 0.6) is 0 Å². The third-order valence-electron chi connectivity index (χ3n) is 4.56. The second-order valence-corrected chi connectivity index (χ2v) is 6.95. The number of aryl methyl sites for hydroxylation is 1. The van der Waals surface area contributed by atoms with Gasteiger partial charge in [-0.15, -0.1) is 0 Å². The van der Waals surface area contributed by atoms with E-state index in [4.69, 9.17) is 10.2 Å². The van der Waals surface area contributed by atoms with Crippen LogP contribution in [0.2, 0.25) is 0 Å². The van der Waals surface area contributed by atoms with E-state index in [0.29, 0.717) is 11.5 Å². The average molecular weight is 335 g/mol. The molecule has 5 heteroatoms. The number of anilines is 1. The molecule has 1 aromatic heterocycles. The standard InChI is InChI=1S/C20H25N5/c1-15(2)20-22-16(3)12-19(23-20)25-10-8-24(9-11-25)14-18-6-4-17(13-21)5-7-18/h4-7,12,15H,8-11,14H2,1-3H3. The van der Waals surface area contributed by atoms with Crippen molar-refractivity contribution in [2.75, 3.05) is 31.1 Å². The second kappa shape index (κ2) is 7.62. The largest absolute Gasteiger partial charge is 0.354 e. The highest BCUT2D eigenvalue weighted by atomic mass is 15.3. The van der Waals surface area contributed by atoms with Crippen LogP contribution in [0.1, 0.15) is 42.4 Å². The fourth-order valence-corrected chi connectivity index (χ4v) is 3.07. The van der Waals surface area contributed by atoms with Crippen molar-refractivity contribution >= 4 is 5.82 Å². The quantitative estimate of drug-likeness (QED) is 0.859. The monoisotopic (exact) mass is 335 g/mol. The van der Waals surface area contributed by atoms with E-state index in [9.17, 15) is 0 Å². The van der Waals surface area contributed by atoms with Crippen molar-refractivity contribution < 1.29 is 0 Å². The average Bonchev–Trinajstić information content (AvgIpc) is 2.62. The molecule has 1 saturated heterocycles. The summed E-state index contributed by atoms with van der Waals surface area (Å²) < 4.78 is 0. The van der Waals surface area contributed by atoms with E-state index in [2.05, 4.69) is 40.8 Å². The molecule has 2 aromatic rings. The summed E-state index contributed by atoms with van der Waals surface area (Å²) in [6, 6.07) is 12.1. The fraction of sp³-hybridized carbons (Fsp3) is 0.450. The lowest BCUT2D eigenvalue weighted by molar-refractivity contribution is 0.249. The minimum absolute atomic E-state index is 0.344. The first-order chi connectivity index (χ1) is 12.0. The van der Waals surface area contributed by atoms with Gasteiger partial charge in [0.1, 0.15) is 11.6 Å². The Morgan fingerprint density at radius 1 is 1.08 bits per heavy atom. The Hall–Kier alpha value is -2.45. The molecule has 0 saturated carbocycles. The Morgan fingerprint density at radius 3 is 2.36 bits per heavy atom. The van der Waals surface area contributed by atoms with Gasteiger partial charge in [-0.1, -0.05) is 26.0 Å². The summed E-state index contributed by atoms with van der Waals surface area (Å²) in [6.07, 6.45) is 0. The molecule has 0 spiro atoms. The summed E-state index contributed by atoms with van der Waals surface area (Å²) in [5.41, 5.74) is 3.01. The lowest BCUT2D eigenvalue weighted by Crippen LogP contribution is -2.46. The van der Waals surface area contributed by atoms with E-state index in [1.54, 1.807) is 0 Å². The van der Waals surface area contributed by atoms with E-state index in [-0.39, 0.29) is 0 Å². The smallest absolute Gasteiger partial charge is 0.133 e. The summed E-state index contributed by atoms with van der Waals surface area (Å²) in [5, 5.41) is 8.88. The normalized spacial score (nSPS) is 15.4. The molecule has 0 atom stereocenters. The molecule has 3 rings (SSSR count). The summed E-state index contributed by atoms with van der Waals surface area (Å²) >= 11 is 0. The highest BCUT2D eigenvalue weighted by molar-refractivity contribution is 5.40. The predicted molar refractivity (Wildman–Crippen MR) is 99.5 cm³/mol. The van der Waals surface area contributed by atoms with Gasteiger partial charge in [-0.3, -0.25) is 4.90 Å². The lowest BCUT2D eigenvalue weighted by Gasteiger charge is -2.35. The molecular formula is C20H25N5. The molecule has 0 N–H and O–H groups in total. The van der Waals surface area contributed by atoms with Crippen LogP contribution in [0.15, 0.2) is 30.3 Å². The van der Waals surface area contributed by atoms with E-state index in [1.165, 1.54) is 5.56 Å². The summed E-state index contributed by atoms with van der Waals surface area (Å²) in [4.78, 5) is 14.1. The van der Waals surface area contributed by atoms with Crippen LogP contribution in [0, 0.1) is 18.3 Å². The fourth-order valence-electron chi connectivity index (χ4n) is 3.07. The molecule has 1 aliphatic rings. The van der Waals surface area contributed by atoms with Crippen LogP contribution in [-0.4, -0.2) is 41.0 Å². The van der Waals surface area contributed by atoms with Crippen molar-refractivity contribution in [3.8, 4) is 6.07 Å². The third-order valence-corrected chi connectivity index (χ3v) is 4.56. The van der Waals surface area contributed by atoms with Crippen molar-refractivity contribution in [2.45, 2.75) is 33.2 Å². The summed E-state index contributed by atoms with van der Waals surface area (Å²) in [5.74, 6) is 2.32. The first-order valence-electron chi connectivity index (χ1n) is 8.87. The molecule has 2 heterocycles. The van der Waals surface area contributed by atoms with Gasteiger partial charge in [0.2, 0.25) is 0 Å². The number of piperazine rings is 1. The molecule has 0 aliphatic carbocycles. The maximum Gasteiger partial charge on any atom is 0.133 e. The van der Waals surface area contributed by atoms with Gasteiger partial charge >= 0.3 is 0 Å². The Morgan fingerprint density at radius 2 is 1.76 bits per heavy atom. The van der Waals surface area contributed by atoms with Crippen LogP contribution in [-0.2, 0) is 6.54 Å². The van der Waals surface area contributed by atoms with E-state index < -0.39 is 0 Å². The molecule has 0 bridgehead atoms. The Balaban J connectivity index is 1.61. The zero-order chi connectivity index (χ0) is 17.8. The number of benzene rings is 1. The van der Waals surface area contributed by atoms with Crippen molar-refractivity contribution in [2.24, 2.45) is 0 Å². The van der Waals surface area contributed by atoms with Gasteiger partial charge in [0.05, 0.1) is 11.6 Å². The molecule has 0 amide bonds. The van der Waals surface area contributed by atoms with Gasteiger partial charge in [0.25, 0.3) is 0 Å². The Labute approximate surface area is 149 Å². The second-order valence-electron chi connectivity index (χ2n) is 6.95. The van der Waals surface area contributed by atoms with Crippen molar-refractivity contribution in [3.05, 3.63) is 53.0 Å². The van der Waals surface area contributed by atoms with Crippen molar-refractivity contribution in [3.63, 3.8) is 0 Å². The molecule has 25 heavy (non-hydrogen) atoms. The molecule has 1 aliphatic heterocycles. The van der Waals surface area contributed by atoms with Gasteiger partial charge in [-0.25, -0.2) is 9.97 Å². The van der Waals surface area contributed by atoms with Gasteiger partial charge in [-0.05, 0) is 24.6 Å². The van der Waals surface area contributed by atoms with Crippen LogP contribution in [0.25, 0.3) is 0 Å². The topological polar surface area (TPSA) is 56.0 Å². The third kappa shape index (κ3) is 4.34. The molecular weight excluding hydrogens is 310 g/mol. The molecule has 130 valence electrons. The van der Waals surface area contributed by atoms with Crippen molar-refractivity contribution in [1.29, 1.82) is 5.26 Å². The summed E-state index contributed by atoms with van der Waals surface area (Å²) in [7, 11) is 0. The van der Waals surface area contributed by atoms with Gasteiger partial charge < -0.3 is 4.90 Å². The zero-order valence-electron chi connectivity index (χ0n) is 15.2. The zero-order valence-corrected chi connectivity index (χ0v) is 15.2. The number of nitriles is 1. The maximum atomic E-state index is 8.88. The first kappa shape index (κ1) is 17.4. The summed E-state index contributed by atoms with van der Waals surface area (Å²) in [6.45, 7) is 11.2. The number of rotatable bonds is 4. The van der Waals surface area contributed by atoms with E-state index in [1.807, 2.05) is 31.2 Å². The number of nitrogens with zero attached hydrogens (tertiary/aromatic N) is 5. The van der Waals surface area contributed by atoms with E-state index >= 15 is 0 Å². The minimum Gasteiger partial charge on any atom is -0.354 e. The first-order valence-corrected chi connectivity index (χ1v) is 8.87. The highest BCUT2D eigenvalue weighted by Crippen LogP contribution is 2.19. The van der Waals surface area contributed by atoms with Crippen LogP contribution in [0.4, 0.5) is 5.82 Å². The van der Waals surface area contributed by atoms with Gasteiger partial charge in [0, 0.05) is 50.4 Å². The molecule has 5 nitrogen and oxygen atoms in total. The van der Waals surface area contributed by atoms with Crippen LogP contribution in [0.3, 0.4) is 0 Å². The highest BCUT2D eigenvalue weighted by Gasteiger charge is 2.19. The molecule has 1 fully saturated rings. The van der Waals surface area contributed by atoms with Crippen LogP contribution < -0.4 is 4.90 Å². The number of aromatic nitrogens is 2. The van der Waals surface area contributed by atoms with Crippen molar-refractivity contribution in [1.82, 2.24) is 14.9 Å². The molecule has 0 radical (unpaired) electrons. The SMILES string of the molecule is Cc1cc(N2CCN(Cc3ccc(C#N)cc3)CC2)nc(C(C)C)n1. The van der Waals surface area contributed by atoms with Crippen LogP contribution >= 0.6 is 0 Å². The Bertz CT molecular complexity index is 753. The molecule has 1 aromatic carbocycles. The Kier molecular flexibility index (Phi) is 5.30. The molecule has 0 unspecified atom stereocenters. The lowest BCUT2D eigenvalue weighted by atomic mass is 10.1. The maximum absolute atomic E-state index is 8.88.